The second kappa shape index (κ2) is 9.69. The predicted molar refractivity (Wildman–Crippen MR) is 129 cm³/mol. The molecule has 2 fully saturated rings. The van der Waals surface area contributed by atoms with Gasteiger partial charge in [0.15, 0.2) is 0 Å². The molecule has 0 radical (unpaired) electrons. The molecule has 1 aliphatic heterocycles. The molecule has 2 amide bonds. The average molecular weight is 478 g/mol. The summed E-state index contributed by atoms with van der Waals surface area (Å²) in [6.07, 6.45) is 3.63. The average Bonchev–Trinajstić information content (AvgIpc) is 3.07. The molecule has 2 aromatic rings. The van der Waals surface area contributed by atoms with Gasteiger partial charge in [-0.15, -0.1) is 12.4 Å². The van der Waals surface area contributed by atoms with Gasteiger partial charge in [-0.25, -0.2) is 9.59 Å². The molecule has 1 saturated heterocycles. The predicted octanol–water partition coefficient (Wildman–Crippen LogP) is 4.93. The second-order valence-corrected chi connectivity index (χ2v) is 9.17. The van der Waals surface area contributed by atoms with E-state index in [1.54, 1.807) is 29.2 Å². The first-order valence-corrected chi connectivity index (χ1v) is 11.1. The Morgan fingerprint density at radius 2 is 1.84 bits per heavy atom. The lowest BCUT2D eigenvalue weighted by atomic mass is 9.68. The molecular formula is C24H29Cl2N3O3. The van der Waals surface area contributed by atoms with Gasteiger partial charge in [-0.1, -0.05) is 23.7 Å². The first-order valence-electron chi connectivity index (χ1n) is 10.7. The number of nitrogens with zero attached hydrogens (tertiary/aromatic N) is 2. The van der Waals surface area contributed by atoms with Crippen molar-refractivity contribution < 1.29 is 14.7 Å². The van der Waals surface area contributed by atoms with E-state index in [2.05, 4.69) is 6.07 Å². The lowest BCUT2D eigenvalue weighted by molar-refractivity contribution is 0.0697. The van der Waals surface area contributed by atoms with E-state index in [1.807, 2.05) is 30.0 Å². The van der Waals surface area contributed by atoms with Crippen LogP contribution in [-0.2, 0) is 5.41 Å². The van der Waals surface area contributed by atoms with E-state index in [0.717, 1.165) is 36.4 Å². The number of halogens is 2. The molecule has 3 N–H and O–H groups in total. The van der Waals surface area contributed by atoms with Gasteiger partial charge in [0.1, 0.15) is 0 Å². The Kier molecular flexibility index (Phi) is 7.38. The van der Waals surface area contributed by atoms with Gasteiger partial charge in [-0.2, -0.15) is 0 Å². The second-order valence-electron chi connectivity index (χ2n) is 8.73. The van der Waals surface area contributed by atoms with Crippen LogP contribution in [0, 0.1) is 0 Å². The number of carbonyl (C=O) groups excluding carboxylic acids is 1. The third kappa shape index (κ3) is 4.45. The van der Waals surface area contributed by atoms with Gasteiger partial charge >= 0.3 is 12.0 Å². The summed E-state index contributed by atoms with van der Waals surface area (Å²) >= 11 is 6.22. The molecule has 2 aromatic carbocycles. The fourth-order valence-corrected chi connectivity index (χ4v) is 5.29. The molecule has 0 bridgehead atoms. The van der Waals surface area contributed by atoms with E-state index >= 15 is 0 Å². The Hall–Kier alpha value is -2.28. The van der Waals surface area contributed by atoms with Crippen molar-refractivity contribution in [3.05, 3.63) is 64.7 Å². The number of carbonyl (C=O) groups is 2. The van der Waals surface area contributed by atoms with Crippen LogP contribution in [0.4, 0.5) is 10.5 Å². The van der Waals surface area contributed by atoms with Crippen molar-refractivity contribution >= 4 is 41.7 Å². The number of carboxylic acid groups (broad SMARTS) is 1. The fraction of sp³-hybridized carbons (Fsp3) is 0.417. The zero-order chi connectivity index (χ0) is 22.2. The van der Waals surface area contributed by atoms with Crippen LogP contribution < -0.4 is 10.6 Å². The van der Waals surface area contributed by atoms with E-state index in [4.69, 9.17) is 22.4 Å². The third-order valence-electron chi connectivity index (χ3n) is 6.93. The van der Waals surface area contributed by atoms with Crippen LogP contribution in [0.3, 0.4) is 0 Å². The number of amides is 2. The van der Waals surface area contributed by atoms with Crippen molar-refractivity contribution in [2.75, 3.05) is 18.0 Å². The minimum atomic E-state index is -0.973. The summed E-state index contributed by atoms with van der Waals surface area (Å²) in [5.74, 6) is -0.973. The van der Waals surface area contributed by atoms with Gasteiger partial charge in [0.2, 0.25) is 0 Å². The van der Waals surface area contributed by atoms with Crippen LogP contribution in [0.15, 0.2) is 48.5 Å². The molecule has 1 atom stereocenters. The molecule has 1 saturated carbocycles. The normalized spacial score (nSPS) is 25.5. The molecule has 2 aliphatic rings. The number of nitrogens with two attached hydrogens (primary N) is 1. The van der Waals surface area contributed by atoms with E-state index in [1.165, 1.54) is 5.56 Å². The maximum Gasteiger partial charge on any atom is 0.335 e. The number of aromatic carboxylic acids is 1. The highest BCUT2D eigenvalue weighted by molar-refractivity contribution is 6.30. The van der Waals surface area contributed by atoms with Gasteiger partial charge in [0, 0.05) is 35.3 Å². The Morgan fingerprint density at radius 3 is 2.41 bits per heavy atom. The first kappa shape index (κ1) is 24.4. The monoisotopic (exact) mass is 477 g/mol. The number of urea groups is 1. The standard InChI is InChI=1S/C24H28ClN3O3.ClH/c1-16-14-27(23(31)28(16)21-7-5-17(6-8-21)22(29)30)20-9-11-24(15-26,12-10-20)18-3-2-4-19(25)13-18;/h2-8,13,16,20H,9-12,14-15,26H2,1H3,(H,29,30);1H/t16-,20-,24-;/m0./s1. The number of hydrogen-bond acceptors (Lipinski definition) is 3. The lowest BCUT2D eigenvalue weighted by Crippen LogP contribution is -2.46. The van der Waals surface area contributed by atoms with Crippen molar-refractivity contribution in [2.24, 2.45) is 5.73 Å². The maximum absolute atomic E-state index is 13.3. The number of carboxylic acids is 1. The maximum atomic E-state index is 13.3. The highest BCUT2D eigenvalue weighted by Gasteiger charge is 2.43. The van der Waals surface area contributed by atoms with E-state index in [-0.39, 0.29) is 41.5 Å². The third-order valence-corrected chi connectivity index (χ3v) is 7.16. The largest absolute Gasteiger partial charge is 0.478 e. The van der Waals surface area contributed by atoms with E-state index in [0.29, 0.717) is 13.1 Å². The Balaban J connectivity index is 0.00000289. The molecular weight excluding hydrogens is 449 g/mol. The summed E-state index contributed by atoms with van der Waals surface area (Å²) in [7, 11) is 0. The Morgan fingerprint density at radius 1 is 1.19 bits per heavy atom. The van der Waals surface area contributed by atoms with Crippen LogP contribution in [0.5, 0.6) is 0 Å². The van der Waals surface area contributed by atoms with Gasteiger partial charge in [0.05, 0.1) is 11.6 Å². The quantitative estimate of drug-likeness (QED) is 0.638. The van der Waals surface area contributed by atoms with Gasteiger partial charge in [0.25, 0.3) is 0 Å². The minimum absolute atomic E-state index is 0. The lowest BCUT2D eigenvalue weighted by Gasteiger charge is -2.42. The highest BCUT2D eigenvalue weighted by atomic mass is 35.5. The Bertz CT molecular complexity index is 975. The number of rotatable bonds is 5. The Labute approximate surface area is 199 Å². The van der Waals surface area contributed by atoms with Crippen LogP contribution in [0.2, 0.25) is 5.02 Å². The summed E-state index contributed by atoms with van der Waals surface area (Å²) in [5.41, 5.74) is 8.26. The molecule has 6 nitrogen and oxygen atoms in total. The van der Waals surface area contributed by atoms with Gasteiger partial charge in [-0.05, 0) is 74.6 Å². The van der Waals surface area contributed by atoms with Crippen LogP contribution in [0.1, 0.15) is 48.5 Å². The zero-order valence-corrected chi connectivity index (χ0v) is 19.6. The summed E-state index contributed by atoms with van der Waals surface area (Å²) in [5, 5.41) is 9.84. The van der Waals surface area contributed by atoms with Crippen LogP contribution in [-0.4, -0.2) is 47.2 Å². The zero-order valence-electron chi connectivity index (χ0n) is 18.0. The van der Waals surface area contributed by atoms with Crippen molar-refractivity contribution in [3.8, 4) is 0 Å². The summed E-state index contributed by atoms with van der Waals surface area (Å²) in [6, 6.07) is 14.7. The molecule has 0 spiro atoms. The van der Waals surface area contributed by atoms with E-state index < -0.39 is 5.97 Å². The minimum Gasteiger partial charge on any atom is -0.478 e. The van der Waals surface area contributed by atoms with Crippen LogP contribution in [0.25, 0.3) is 0 Å². The van der Waals surface area contributed by atoms with E-state index in [9.17, 15) is 9.59 Å². The van der Waals surface area contributed by atoms with Gasteiger partial charge in [-0.3, -0.25) is 4.90 Å². The number of anilines is 1. The number of hydrogen-bond donors (Lipinski definition) is 2. The summed E-state index contributed by atoms with van der Waals surface area (Å²) < 4.78 is 0. The van der Waals surface area contributed by atoms with Crippen LogP contribution >= 0.6 is 24.0 Å². The molecule has 172 valence electrons. The fourth-order valence-electron chi connectivity index (χ4n) is 5.10. The van der Waals surface area contributed by atoms with Crippen molar-refractivity contribution in [2.45, 2.75) is 50.1 Å². The van der Waals surface area contributed by atoms with Crippen molar-refractivity contribution in [3.63, 3.8) is 0 Å². The molecule has 1 aliphatic carbocycles. The summed E-state index contributed by atoms with van der Waals surface area (Å²) in [6.45, 7) is 3.26. The SMILES string of the molecule is C[C@H]1CN([C@H]2CC[C@](CN)(c3cccc(Cl)c3)CC2)C(=O)N1c1ccc(C(=O)O)cc1.Cl. The molecule has 32 heavy (non-hydrogen) atoms. The smallest absolute Gasteiger partial charge is 0.335 e. The van der Waals surface area contributed by atoms with Crippen molar-refractivity contribution in [1.82, 2.24) is 4.90 Å². The van der Waals surface area contributed by atoms with Gasteiger partial charge < -0.3 is 15.7 Å². The first-order chi connectivity index (χ1) is 14.8. The number of benzene rings is 2. The molecule has 1 heterocycles. The summed E-state index contributed by atoms with van der Waals surface area (Å²) in [4.78, 5) is 28.1. The highest BCUT2D eigenvalue weighted by Crippen LogP contribution is 2.42. The molecule has 0 aromatic heterocycles. The molecule has 0 unspecified atom stereocenters. The molecule has 4 rings (SSSR count). The topological polar surface area (TPSA) is 86.9 Å². The van der Waals surface area contributed by atoms with Crippen molar-refractivity contribution in [1.29, 1.82) is 0 Å². The molecule has 8 heteroatoms.